The maximum Gasteiger partial charge on any atom is 0.169 e. The van der Waals surface area contributed by atoms with Crippen LogP contribution in [0.3, 0.4) is 0 Å². The fraction of sp³-hybridized carbons (Fsp3) is 0.688. The van der Waals surface area contributed by atoms with Crippen LogP contribution in [0.4, 0.5) is 5.82 Å². The number of aromatic nitrogens is 1. The highest BCUT2D eigenvalue weighted by molar-refractivity contribution is 5.52. The van der Waals surface area contributed by atoms with E-state index in [4.69, 9.17) is 9.47 Å². The largest absolute Gasteiger partial charge is 0.488 e. The van der Waals surface area contributed by atoms with E-state index in [2.05, 4.69) is 21.7 Å². The number of fused-ring (bicyclic) bond motifs is 1. The molecule has 1 saturated heterocycles. The van der Waals surface area contributed by atoms with Crippen LogP contribution in [-0.4, -0.2) is 43.9 Å². The Morgan fingerprint density at radius 3 is 3.14 bits per heavy atom. The average molecular weight is 291 g/mol. The first kappa shape index (κ1) is 14.6. The minimum absolute atomic E-state index is 0.443. The molecule has 0 aliphatic carbocycles. The number of nitrogens with zero attached hydrogens (tertiary/aromatic N) is 1. The summed E-state index contributed by atoms with van der Waals surface area (Å²) in [6, 6.07) is 4.10. The number of unbranched alkanes of at least 4 members (excludes halogenated alkanes) is 2. The first-order valence-corrected chi connectivity index (χ1v) is 8.11. The number of hydrogen-bond acceptors (Lipinski definition) is 5. The van der Waals surface area contributed by atoms with Gasteiger partial charge in [0.25, 0.3) is 0 Å². The SMILES string of the molecule is c1cc2c(nc1CCCCCO[C@@H]1CCNC1)NCCO2. The van der Waals surface area contributed by atoms with Crippen LogP contribution >= 0.6 is 0 Å². The predicted octanol–water partition coefficient (Wildman–Crippen LogP) is 1.98. The fourth-order valence-electron chi connectivity index (χ4n) is 2.80. The molecule has 2 aliphatic heterocycles. The lowest BCUT2D eigenvalue weighted by Gasteiger charge is -2.18. The molecule has 0 saturated carbocycles. The van der Waals surface area contributed by atoms with E-state index < -0.39 is 0 Å². The third-order valence-electron chi connectivity index (χ3n) is 4.01. The smallest absolute Gasteiger partial charge is 0.169 e. The summed E-state index contributed by atoms with van der Waals surface area (Å²) in [4.78, 5) is 4.62. The normalized spacial score (nSPS) is 20.7. The number of nitrogens with one attached hydrogen (secondary N) is 2. The second kappa shape index (κ2) is 7.61. The van der Waals surface area contributed by atoms with Crippen molar-refractivity contribution in [2.45, 2.75) is 38.2 Å². The molecule has 116 valence electrons. The van der Waals surface area contributed by atoms with Crippen LogP contribution in [0.1, 0.15) is 31.4 Å². The maximum atomic E-state index is 5.82. The molecule has 1 fully saturated rings. The average Bonchev–Trinajstić information content (AvgIpc) is 3.04. The van der Waals surface area contributed by atoms with Crippen molar-refractivity contribution in [2.75, 3.05) is 38.2 Å². The Morgan fingerprint density at radius 1 is 1.24 bits per heavy atom. The molecule has 0 bridgehead atoms. The van der Waals surface area contributed by atoms with E-state index in [0.717, 1.165) is 69.4 Å². The summed E-state index contributed by atoms with van der Waals surface area (Å²) in [5, 5.41) is 6.60. The molecule has 0 aromatic carbocycles. The van der Waals surface area contributed by atoms with Crippen molar-refractivity contribution in [1.29, 1.82) is 0 Å². The van der Waals surface area contributed by atoms with Crippen molar-refractivity contribution in [1.82, 2.24) is 10.3 Å². The van der Waals surface area contributed by atoms with Crippen LogP contribution in [0.5, 0.6) is 5.75 Å². The lowest BCUT2D eigenvalue weighted by atomic mass is 10.1. The molecule has 5 nitrogen and oxygen atoms in total. The van der Waals surface area contributed by atoms with Crippen molar-refractivity contribution in [3.63, 3.8) is 0 Å². The summed E-state index contributed by atoms with van der Waals surface area (Å²) >= 11 is 0. The minimum Gasteiger partial charge on any atom is -0.488 e. The summed E-state index contributed by atoms with van der Waals surface area (Å²) < 4.78 is 11.4. The zero-order chi connectivity index (χ0) is 14.3. The molecule has 5 heteroatoms. The Bertz CT molecular complexity index is 447. The second-order valence-corrected chi connectivity index (χ2v) is 5.72. The third kappa shape index (κ3) is 4.32. The summed E-state index contributed by atoms with van der Waals surface area (Å²) in [7, 11) is 0. The van der Waals surface area contributed by atoms with Gasteiger partial charge in [0.1, 0.15) is 6.61 Å². The molecule has 1 atom stereocenters. The summed E-state index contributed by atoms with van der Waals surface area (Å²) in [6.07, 6.45) is 6.14. The van der Waals surface area contributed by atoms with E-state index in [1.54, 1.807) is 0 Å². The van der Waals surface area contributed by atoms with Gasteiger partial charge in [-0.1, -0.05) is 6.42 Å². The molecular weight excluding hydrogens is 266 g/mol. The highest BCUT2D eigenvalue weighted by atomic mass is 16.5. The van der Waals surface area contributed by atoms with Crippen molar-refractivity contribution >= 4 is 5.82 Å². The molecular formula is C16H25N3O2. The van der Waals surface area contributed by atoms with E-state index >= 15 is 0 Å². The van der Waals surface area contributed by atoms with Crippen LogP contribution in [0.25, 0.3) is 0 Å². The van der Waals surface area contributed by atoms with Crippen LogP contribution in [-0.2, 0) is 11.2 Å². The van der Waals surface area contributed by atoms with Crippen molar-refractivity contribution in [3.05, 3.63) is 17.8 Å². The Kier molecular flexibility index (Phi) is 5.29. The van der Waals surface area contributed by atoms with Gasteiger partial charge in [-0.05, 0) is 44.4 Å². The molecule has 3 heterocycles. The Balaban J connectivity index is 1.31. The number of anilines is 1. The fourth-order valence-corrected chi connectivity index (χ4v) is 2.80. The maximum absolute atomic E-state index is 5.82. The van der Waals surface area contributed by atoms with Gasteiger partial charge in [0.15, 0.2) is 11.6 Å². The molecule has 0 spiro atoms. The zero-order valence-electron chi connectivity index (χ0n) is 12.6. The molecule has 2 aliphatic rings. The van der Waals surface area contributed by atoms with Gasteiger partial charge in [-0.25, -0.2) is 4.98 Å². The Hall–Kier alpha value is -1.33. The number of rotatable bonds is 7. The second-order valence-electron chi connectivity index (χ2n) is 5.72. The number of ether oxygens (including phenoxy) is 2. The van der Waals surface area contributed by atoms with Gasteiger partial charge in [0.05, 0.1) is 12.6 Å². The number of pyridine rings is 1. The molecule has 1 aromatic heterocycles. The summed E-state index contributed by atoms with van der Waals surface area (Å²) in [5.41, 5.74) is 1.15. The molecule has 0 unspecified atom stereocenters. The Labute approximate surface area is 126 Å². The number of aryl methyl sites for hydroxylation is 1. The Morgan fingerprint density at radius 2 is 2.24 bits per heavy atom. The molecule has 3 rings (SSSR count). The van der Waals surface area contributed by atoms with Crippen LogP contribution in [0.2, 0.25) is 0 Å². The van der Waals surface area contributed by atoms with Gasteiger partial charge in [0.2, 0.25) is 0 Å². The monoisotopic (exact) mass is 291 g/mol. The third-order valence-corrected chi connectivity index (χ3v) is 4.01. The van der Waals surface area contributed by atoms with Gasteiger partial charge in [-0.2, -0.15) is 0 Å². The van der Waals surface area contributed by atoms with Crippen LogP contribution in [0, 0.1) is 0 Å². The zero-order valence-corrected chi connectivity index (χ0v) is 12.6. The standard InChI is InChI=1S/C16H25N3O2/c1(3-10-20-14-7-8-17-12-14)2-4-13-5-6-15-16(19-13)18-9-11-21-15/h5-6,14,17H,1-4,7-12H2,(H,18,19)/t14-/m1/s1. The van der Waals surface area contributed by atoms with E-state index in [9.17, 15) is 0 Å². The van der Waals surface area contributed by atoms with Crippen molar-refractivity contribution < 1.29 is 9.47 Å². The number of hydrogen-bond donors (Lipinski definition) is 2. The van der Waals surface area contributed by atoms with E-state index in [1.165, 1.54) is 12.8 Å². The highest BCUT2D eigenvalue weighted by Gasteiger charge is 2.14. The van der Waals surface area contributed by atoms with Gasteiger partial charge in [-0.3, -0.25) is 0 Å². The van der Waals surface area contributed by atoms with Gasteiger partial charge in [0, 0.05) is 18.8 Å². The molecule has 21 heavy (non-hydrogen) atoms. The summed E-state index contributed by atoms with van der Waals surface area (Å²) in [5.74, 6) is 1.78. The predicted molar refractivity (Wildman–Crippen MR) is 83.0 cm³/mol. The van der Waals surface area contributed by atoms with Crippen molar-refractivity contribution in [3.8, 4) is 5.75 Å². The quantitative estimate of drug-likeness (QED) is 0.752. The lowest BCUT2D eigenvalue weighted by molar-refractivity contribution is 0.0642. The van der Waals surface area contributed by atoms with E-state index in [0.29, 0.717) is 6.10 Å². The first-order chi connectivity index (χ1) is 10.4. The van der Waals surface area contributed by atoms with E-state index in [1.807, 2.05) is 6.07 Å². The van der Waals surface area contributed by atoms with Crippen LogP contribution < -0.4 is 15.4 Å². The lowest BCUT2D eigenvalue weighted by Crippen LogP contribution is -2.19. The van der Waals surface area contributed by atoms with Crippen LogP contribution in [0.15, 0.2) is 12.1 Å². The topological polar surface area (TPSA) is 55.4 Å². The summed E-state index contributed by atoms with van der Waals surface area (Å²) in [6.45, 7) is 4.58. The molecule has 2 N–H and O–H groups in total. The first-order valence-electron chi connectivity index (χ1n) is 8.11. The highest BCUT2D eigenvalue weighted by Crippen LogP contribution is 2.25. The van der Waals surface area contributed by atoms with Gasteiger partial charge in [-0.15, -0.1) is 0 Å². The van der Waals surface area contributed by atoms with Crippen molar-refractivity contribution in [2.24, 2.45) is 0 Å². The van der Waals surface area contributed by atoms with E-state index in [-0.39, 0.29) is 0 Å². The molecule has 0 radical (unpaired) electrons. The van der Waals surface area contributed by atoms with Gasteiger partial charge < -0.3 is 20.1 Å². The molecule has 0 amide bonds. The molecule has 1 aromatic rings. The minimum atomic E-state index is 0.443. The van der Waals surface area contributed by atoms with Gasteiger partial charge >= 0.3 is 0 Å².